The maximum absolute atomic E-state index is 12.0. The van der Waals surface area contributed by atoms with Gasteiger partial charge in [0.2, 0.25) is 0 Å². The molecule has 126 valence electrons. The van der Waals surface area contributed by atoms with Crippen LogP contribution in [0.3, 0.4) is 0 Å². The highest BCUT2D eigenvalue weighted by Gasteiger charge is 2.12. The molecule has 0 fully saturated rings. The molecule has 0 bridgehead atoms. The maximum Gasteiger partial charge on any atom is 0.357 e. The van der Waals surface area contributed by atoms with Crippen LogP contribution in [0.5, 0.6) is 0 Å². The Hall–Kier alpha value is -3.21. The van der Waals surface area contributed by atoms with Crippen LogP contribution in [0, 0.1) is 0 Å². The quantitative estimate of drug-likeness (QED) is 0.704. The average molecular weight is 334 g/mol. The molecule has 0 atom stereocenters. The number of benzene rings is 2. The van der Waals surface area contributed by atoms with Crippen LogP contribution in [0.25, 0.3) is 10.9 Å². The van der Waals surface area contributed by atoms with E-state index >= 15 is 0 Å². The highest BCUT2D eigenvalue weighted by molar-refractivity contribution is 5.92. The molecule has 1 heterocycles. The number of hydrogen-bond donors (Lipinski definition) is 1. The number of rotatable bonds is 6. The van der Waals surface area contributed by atoms with Crippen molar-refractivity contribution in [1.82, 2.24) is 10.3 Å². The Balaban J connectivity index is 1.46. The van der Waals surface area contributed by atoms with E-state index in [1.165, 1.54) is 0 Å². The molecule has 3 rings (SSSR count). The van der Waals surface area contributed by atoms with E-state index in [0.717, 1.165) is 17.4 Å². The van der Waals surface area contributed by atoms with Gasteiger partial charge in [-0.1, -0.05) is 54.6 Å². The minimum Gasteiger partial charge on any atom is -0.451 e. The van der Waals surface area contributed by atoms with Crippen molar-refractivity contribution in [1.29, 1.82) is 0 Å². The molecule has 1 amide bonds. The number of nitrogens with zero attached hydrogens (tertiary/aromatic N) is 1. The topological polar surface area (TPSA) is 68.3 Å². The van der Waals surface area contributed by atoms with Crippen molar-refractivity contribution in [2.45, 2.75) is 6.42 Å². The van der Waals surface area contributed by atoms with Gasteiger partial charge in [-0.15, -0.1) is 0 Å². The molecule has 0 saturated carbocycles. The van der Waals surface area contributed by atoms with Crippen LogP contribution in [0.15, 0.2) is 66.7 Å². The highest BCUT2D eigenvalue weighted by Crippen LogP contribution is 2.12. The second-order valence-corrected chi connectivity index (χ2v) is 5.55. The van der Waals surface area contributed by atoms with Gasteiger partial charge in [-0.2, -0.15) is 0 Å². The summed E-state index contributed by atoms with van der Waals surface area (Å²) in [5, 5.41) is 3.67. The summed E-state index contributed by atoms with van der Waals surface area (Å²) >= 11 is 0. The first-order valence-corrected chi connectivity index (χ1v) is 8.06. The van der Waals surface area contributed by atoms with E-state index in [9.17, 15) is 9.59 Å². The lowest BCUT2D eigenvalue weighted by Crippen LogP contribution is -2.30. The normalized spacial score (nSPS) is 10.4. The molecule has 5 heteroatoms. The number of para-hydroxylation sites is 1. The predicted octanol–water partition coefficient (Wildman–Crippen LogP) is 2.75. The van der Waals surface area contributed by atoms with E-state index in [4.69, 9.17) is 4.74 Å². The largest absolute Gasteiger partial charge is 0.451 e. The van der Waals surface area contributed by atoms with Crippen molar-refractivity contribution in [2.75, 3.05) is 13.2 Å². The molecule has 0 saturated heterocycles. The maximum atomic E-state index is 12.0. The molecule has 0 aliphatic heterocycles. The van der Waals surface area contributed by atoms with Crippen LogP contribution in [0.2, 0.25) is 0 Å². The van der Waals surface area contributed by atoms with Gasteiger partial charge in [-0.25, -0.2) is 9.78 Å². The molecule has 0 unspecified atom stereocenters. The van der Waals surface area contributed by atoms with Crippen molar-refractivity contribution in [3.05, 3.63) is 78.0 Å². The second-order valence-electron chi connectivity index (χ2n) is 5.55. The van der Waals surface area contributed by atoms with Crippen LogP contribution in [-0.2, 0) is 16.0 Å². The molecule has 0 spiro atoms. The number of carbonyl (C=O) groups excluding carboxylic acids is 2. The summed E-state index contributed by atoms with van der Waals surface area (Å²) in [6, 6.07) is 20.7. The van der Waals surface area contributed by atoms with E-state index in [0.29, 0.717) is 12.1 Å². The number of fused-ring (bicyclic) bond motifs is 1. The van der Waals surface area contributed by atoms with Crippen molar-refractivity contribution in [3.63, 3.8) is 0 Å². The van der Waals surface area contributed by atoms with E-state index in [2.05, 4.69) is 10.3 Å². The summed E-state index contributed by atoms with van der Waals surface area (Å²) < 4.78 is 5.03. The molecule has 0 aliphatic carbocycles. The summed E-state index contributed by atoms with van der Waals surface area (Å²) in [6.07, 6.45) is 0.729. The first-order chi connectivity index (χ1) is 12.2. The van der Waals surface area contributed by atoms with E-state index < -0.39 is 5.97 Å². The standard InChI is InChI=1S/C20H18N2O3/c23-19(21-13-12-15-6-2-1-3-7-15)14-25-20(24)18-11-10-16-8-4-5-9-17(16)22-18/h1-11H,12-14H2,(H,21,23). The van der Waals surface area contributed by atoms with Gasteiger partial charge in [0.25, 0.3) is 5.91 Å². The zero-order valence-corrected chi connectivity index (χ0v) is 13.6. The Morgan fingerprint density at radius 2 is 1.68 bits per heavy atom. The molecule has 5 nitrogen and oxygen atoms in total. The van der Waals surface area contributed by atoms with E-state index in [-0.39, 0.29) is 18.2 Å². The first kappa shape index (κ1) is 16.6. The van der Waals surface area contributed by atoms with Crippen LogP contribution in [0.4, 0.5) is 0 Å². The van der Waals surface area contributed by atoms with Crippen molar-refractivity contribution < 1.29 is 14.3 Å². The van der Waals surface area contributed by atoms with Gasteiger partial charge in [0.05, 0.1) is 5.52 Å². The number of amides is 1. The highest BCUT2D eigenvalue weighted by atomic mass is 16.5. The third kappa shape index (κ3) is 4.64. The Morgan fingerprint density at radius 3 is 2.52 bits per heavy atom. The molecule has 25 heavy (non-hydrogen) atoms. The third-order valence-corrected chi connectivity index (χ3v) is 3.72. The number of carbonyl (C=O) groups is 2. The van der Waals surface area contributed by atoms with Gasteiger partial charge in [0, 0.05) is 11.9 Å². The molecule has 2 aromatic carbocycles. The zero-order chi connectivity index (χ0) is 17.5. The van der Waals surface area contributed by atoms with Gasteiger partial charge in [-0.05, 0) is 24.1 Å². The fraction of sp³-hybridized carbons (Fsp3) is 0.150. The Morgan fingerprint density at radius 1 is 0.920 bits per heavy atom. The molecular formula is C20H18N2O3. The van der Waals surface area contributed by atoms with Crippen LogP contribution >= 0.6 is 0 Å². The van der Waals surface area contributed by atoms with Crippen LogP contribution < -0.4 is 5.32 Å². The summed E-state index contributed by atoms with van der Waals surface area (Å²) in [5.41, 5.74) is 2.04. The van der Waals surface area contributed by atoms with Crippen molar-refractivity contribution >= 4 is 22.8 Å². The minimum atomic E-state index is -0.607. The smallest absolute Gasteiger partial charge is 0.357 e. The van der Waals surface area contributed by atoms with Crippen LogP contribution in [-0.4, -0.2) is 30.0 Å². The van der Waals surface area contributed by atoms with Gasteiger partial charge in [-0.3, -0.25) is 4.79 Å². The van der Waals surface area contributed by atoms with Gasteiger partial charge < -0.3 is 10.1 Å². The fourth-order valence-corrected chi connectivity index (χ4v) is 2.43. The zero-order valence-electron chi connectivity index (χ0n) is 13.6. The Bertz CT molecular complexity index is 878. The van der Waals surface area contributed by atoms with E-state index in [1.807, 2.05) is 54.6 Å². The third-order valence-electron chi connectivity index (χ3n) is 3.72. The van der Waals surface area contributed by atoms with Crippen molar-refractivity contribution in [3.8, 4) is 0 Å². The fourth-order valence-electron chi connectivity index (χ4n) is 2.43. The Kier molecular flexibility index (Phi) is 5.36. The van der Waals surface area contributed by atoms with Crippen LogP contribution in [0.1, 0.15) is 16.1 Å². The average Bonchev–Trinajstić information content (AvgIpc) is 2.66. The number of esters is 1. The summed E-state index contributed by atoms with van der Waals surface area (Å²) in [5.74, 6) is -0.936. The number of aromatic nitrogens is 1. The van der Waals surface area contributed by atoms with E-state index in [1.54, 1.807) is 12.1 Å². The lowest BCUT2D eigenvalue weighted by Gasteiger charge is -2.07. The van der Waals surface area contributed by atoms with Gasteiger partial charge in [0.15, 0.2) is 6.61 Å². The number of nitrogens with one attached hydrogen (secondary N) is 1. The molecular weight excluding hydrogens is 316 g/mol. The molecule has 1 aromatic heterocycles. The molecule has 0 radical (unpaired) electrons. The lowest BCUT2D eigenvalue weighted by molar-refractivity contribution is -0.124. The number of pyridine rings is 1. The summed E-state index contributed by atoms with van der Waals surface area (Å²) in [4.78, 5) is 28.0. The van der Waals surface area contributed by atoms with Gasteiger partial charge >= 0.3 is 5.97 Å². The molecule has 0 aliphatic rings. The minimum absolute atomic E-state index is 0.191. The number of ether oxygens (including phenoxy) is 1. The summed E-state index contributed by atoms with van der Waals surface area (Å²) in [7, 11) is 0. The van der Waals surface area contributed by atoms with Gasteiger partial charge in [0.1, 0.15) is 5.69 Å². The SMILES string of the molecule is O=C(COC(=O)c1ccc2ccccc2n1)NCCc1ccccc1. The Labute approximate surface area is 145 Å². The number of hydrogen-bond acceptors (Lipinski definition) is 4. The second kappa shape index (κ2) is 8.06. The predicted molar refractivity (Wildman–Crippen MR) is 95.2 cm³/mol. The first-order valence-electron chi connectivity index (χ1n) is 8.06. The summed E-state index contributed by atoms with van der Waals surface area (Å²) in [6.45, 7) is 0.177. The van der Waals surface area contributed by atoms with Crippen molar-refractivity contribution in [2.24, 2.45) is 0 Å². The monoisotopic (exact) mass is 334 g/mol. The molecule has 1 N–H and O–H groups in total. The molecule has 3 aromatic rings. The lowest BCUT2D eigenvalue weighted by atomic mass is 10.1.